The molecule has 0 N–H and O–H groups in total. The number of anilines is 1. The van der Waals surface area contributed by atoms with E-state index in [0.29, 0.717) is 6.04 Å². The Balaban J connectivity index is 1.60. The molecule has 2 fully saturated rings. The third-order valence-corrected chi connectivity index (χ3v) is 5.03. The van der Waals surface area contributed by atoms with Gasteiger partial charge in [-0.05, 0) is 44.5 Å². The van der Waals surface area contributed by atoms with Crippen molar-refractivity contribution in [2.45, 2.75) is 31.3 Å². The molecule has 22 heavy (non-hydrogen) atoms. The Morgan fingerprint density at radius 1 is 1.09 bits per heavy atom. The Morgan fingerprint density at radius 3 is 2.86 bits per heavy atom. The summed E-state index contributed by atoms with van der Waals surface area (Å²) in [5.74, 6) is 0.849. The van der Waals surface area contributed by atoms with Gasteiger partial charge in [-0.1, -0.05) is 0 Å². The first-order valence-electron chi connectivity index (χ1n) is 8.01. The van der Waals surface area contributed by atoms with Crippen LogP contribution < -0.4 is 4.90 Å². The summed E-state index contributed by atoms with van der Waals surface area (Å²) >= 11 is 0. The predicted molar refractivity (Wildman–Crippen MR) is 86.7 cm³/mol. The highest BCUT2D eigenvalue weighted by atomic mass is 15.3. The van der Waals surface area contributed by atoms with Gasteiger partial charge < -0.3 is 4.90 Å². The van der Waals surface area contributed by atoms with E-state index in [2.05, 4.69) is 26.8 Å². The summed E-state index contributed by atoms with van der Waals surface area (Å²) in [6, 6.07) is 7.31. The normalized spacial score (nSPS) is 25.2. The molecule has 0 amide bonds. The van der Waals surface area contributed by atoms with Gasteiger partial charge in [0, 0.05) is 49.3 Å². The van der Waals surface area contributed by atoms with Gasteiger partial charge >= 0.3 is 0 Å². The number of likely N-dealkylation sites (N-methyl/N-ethyl adjacent to an activating group) is 1. The van der Waals surface area contributed by atoms with Gasteiger partial charge in [-0.3, -0.25) is 9.88 Å². The first-order chi connectivity index (χ1) is 10.8. The van der Waals surface area contributed by atoms with Gasteiger partial charge in [-0.15, -0.1) is 0 Å². The van der Waals surface area contributed by atoms with Gasteiger partial charge in [-0.25, -0.2) is 9.97 Å². The molecule has 2 bridgehead atoms. The minimum Gasteiger partial charge on any atom is -0.339 e. The van der Waals surface area contributed by atoms with Gasteiger partial charge in [0.05, 0.1) is 5.69 Å². The van der Waals surface area contributed by atoms with E-state index in [1.165, 1.54) is 19.3 Å². The molecule has 0 aromatic carbocycles. The van der Waals surface area contributed by atoms with Crippen LogP contribution in [0.15, 0.2) is 36.8 Å². The Morgan fingerprint density at radius 2 is 2.00 bits per heavy atom. The van der Waals surface area contributed by atoms with Crippen LogP contribution in [0, 0.1) is 0 Å². The number of hydrogen-bond acceptors (Lipinski definition) is 5. The lowest BCUT2D eigenvalue weighted by Gasteiger charge is -2.25. The second kappa shape index (κ2) is 5.65. The Bertz CT molecular complexity index is 645. The van der Waals surface area contributed by atoms with E-state index in [4.69, 9.17) is 4.98 Å². The number of nitrogens with zero attached hydrogens (tertiary/aromatic N) is 5. The predicted octanol–water partition coefficient (Wildman–Crippen LogP) is 2.21. The van der Waals surface area contributed by atoms with E-state index < -0.39 is 0 Å². The molecule has 4 heterocycles. The number of aromatic nitrogens is 3. The van der Waals surface area contributed by atoms with Crippen molar-refractivity contribution >= 4 is 5.95 Å². The first-order valence-corrected chi connectivity index (χ1v) is 8.01. The molecule has 2 aliphatic heterocycles. The number of rotatable bonds is 2. The minimum absolute atomic E-state index is 0.637. The van der Waals surface area contributed by atoms with Gasteiger partial charge in [0.15, 0.2) is 0 Å². The van der Waals surface area contributed by atoms with Crippen LogP contribution >= 0.6 is 0 Å². The van der Waals surface area contributed by atoms with E-state index in [9.17, 15) is 0 Å². The average molecular weight is 295 g/mol. The number of hydrogen-bond donors (Lipinski definition) is 0. The third kappa shape index (κ3) is 2.46. The molecule has 4 rings (SSSR count). The molecule has 0 unspecified atom stereocenters. The summed E-state index contributed by atoms with van der Waals surface area (Å²) in [5.41, 5.74) is 1.99. The highest BCUT2D eigenvalue weighted by molar-refractivity contribution is 5.58. The van der Waals surface area contributed by atoms with Crippen molar-refractivity contribution in [3.8, 4) is 11.3 Å². The fraction of sp³-hybridized carbons (Fsp3) is 0.471. The van der Waals surface area contributed by atoms with Gasteiger partial charge in [0.25, 0.3) is 0 Å². The van der Waals surface area contributed by atoms with Crippen LogP contribution in [-0.4, -0.2) is 52.1 Å². The molecule has 0 saturated carbocycles. The summed E-state index contributed by atoms with van der Waals surface area (Å²) < 4.78 is 0. The summed E-state index contributed by atoms with van der Waals surface area (Å²) in [6.07, 6.45) is 9.33. The van der Waals surface area contributed by atoms with Crippen LogP contribution in [0.25, 0.3) is 11.3 Å². The fourth-order valence-electron chi connectivity index (χ4n) is 3.67. The summed E-state index contributed by atoms with van der Waals surface area (Å²) in [7, 11) is 2.26. The van der Waals surface area contributed by atoms with Crippen LogP contribution in [0.2, 0.25) is 0 Å². The molecule has 5 nitrogen and oxygen atoms in total. The van der Waals surface area contributed by atoms with E-state index in [0.717, 1.165) is 36.3 Å². The lowest BCUT2D eigenvalue weighted by molar-refractivity contribution is 0.254. The van der Waals surface area contributed by atoms with Crippen LogP contribution in [0.3, 0.4) is 0 Å². The van der Waals surface area contributed by atoms with Crippen LogP contribution in [0.1, 0.15) is 19.3 Å². The Labute approximate surface area is 131 Å². The van der Waals surface area contributed by atoms with Crippen molar-refractivity contribution in [2.75, 3.05) is 25.0 Å². The third-order valence-electron chi connectivity index (χ3n) is 5.03. The van der Waals surface area contributed by atoms with Crippen LogP contribution in [0.4, 0.5) is 5.95 Å². The quantitative estimate of drug-likeness (QED) is 0.850. The number of fused-ring (bicyclic) bond motifs is 2. The smallest absolute Gasteiger partial charge is 0.225 e. The second-order valence-electron chi connectivity index (χ2n) is 6.27. The van der Waals surface area contributed by atoms with E-state index in [1.54, 1.807) is 6.20 Å². The highest BCUT2D eigenvalue weighted by Crippen LogP contribution is 2.30. The van der Waals surface area contributed by atoms with Crippen LogP contribution in [0.5, 0.6) is 0 Å². The van der Waals surface area contributed by atoms with Crippen LogP contribution in [-0.2, 0) is 0 Å². The molecule has 2 aromatic rings. The molecule has 2 saturated heterocycles. The molecular weight excluding hydrogens is 274 g/mol. The SMILES string of the molecule is CN1[C@H]2CC[C@@H]1CN(c1nccc(-c3cccnc3)n1)CC2. The topological polar surface area (TPSA) is 45.2 Å². The molecule has 0 aliphatic carbocycles. The van der Waals surface area contributed by atoms with E-state index in [1.807, 2.05) is 30.6 Å². The van der Waals surface area contributed by atoms with Crippen molar-refractivity contribution in [2.24, 2.45) is 0 Å². The average Bonchev–Trinajstić information content (AvgIpc) is 2.81. The molecule has 2 aromatic heterocycles. The maximum Gasteiger partial charge on any atom is 0.225 e. The number of pyridine rings is 1. The highest BCUT2D eigenvalue weighted by Gasteiger charge is 2.35. The van der Waals surface area contributed by atoms with E-state index in [-0.39, 0.29) is 0 Å². The summed E-state index contributed by atoms with van der Waals surface area (Å²) in [6.45, 7) is 2.07. The maximum absolute atomic E-state index is 4.77. The molecular formula is C17H21N5. The second-order valence-corrected chi connectivity index (χ2v) is 6.27. The first kappa shape index (κ1) is 13.6. The van der Waals surface area contributed by atoms with Crippen molar-refractivity contribution in [3.05, 3.63) is 36.8 Å². The molecule has 2 atom stereocenters. The van der Waals surface area contributed by atoms with Crippen molar-refractivity contribution in [1.29, 1.82) is 0 Å². The zero-order valence-corrected chi connectivity index (χ0v) is 12.9. The molecule has 0 spiro atoms. The fourth-order valence-corrected chi connectivity index (χ4v) is 3.67. The van der Waals surface area contributed by atoms with Crippen molar-refractivity contribution < 1.29 is 0 Å². The molecule has 114 valence electrons. The standard InChI is InChI=1S/C17H21N5/c1-21-14-4-5-15(21)12-22(10-7-14)17-19-9-6-16(20-17)13-3-2-8-18-11-13/h2-3,6,8-9,11,14-15H,4-5,7,10,12H2,1H3/t14-,15+/m0/s1. The molecule has 2 aliphatic rings. The zero-order chi connectivity index (χ0) is 14.9. The summed E-state index contributed by atoms with van der Waals surface area (Å²) in [4.78, 5) is 18.4. The zero-order valence-electron chi connectivity index (χ0n) is 12.9. The lowest BCUT2D eigenvalue weighted by atomic mass is 10.1. The van der Waals surface area contributed by atoms with Gasteiger partial charge in [0.1, 0.15) is 0 Å². The van der Waals surface area contributed by atoms with Gasteiger partial charge in [0.2, 0.25) is 5.95 Å². The van der Waals surface area contributed by atoms with Crippen molar-refractivity contribution in [1.82, 2.24) is 19.9 Å². The lowest BCUT2D eigenvalue weighted by Crippen LogP contribution is -2.37. The Hall–Kier alpha value is -2.01. The largest absolute Gasteiger partial charge is 0.339 e. The molecule has 5 heteroatoms. The Kier molecular flexibility index (Phi) is 3.50. The van der Waals surface area contributed by atoms with Gasteiger partial charge in [-0.2, -0.15) is 0 Å². The minimum atomic E-state index is 0.637. The van der Waals surface area contributed by atoms with Crippen molar-refractivity contribution in [3.63, 3.8) is 0 Å². The summed E-state index contributed by atoms with van der Waals surface area (Å²) in [5, 5.41) is 0. The molecule has 0 radical (unpaired) electrons. The monoisotopic (exact) mass is 295 g/mol. The maximum atomic E-state index is 4.77. The van der Waals surface area contributed by atoms with E-state index >= 15 is 0 Å².